The van der Waals surface area contributed by atoms with E-state index in [9.17, 15) is 4.57 Å². The van der Waals surface area contributed by atoms with Crippen molar-refractivity contribution < 1.29 is 23.1 Å². The predicted molar refractivity (Wildman–Crippen MR) is 141 cm³/mol. The summed E-state index contributed by atoms with van der Waals surface area (Å²) in [5, 5.41) is 0. The molecule has 0 aromatic heterocycles. The summed E-state index contributed by atoms with van der Waals surface area (Å²) in [5.41, 5.74) is 0. The van der Waals surface area contributed by atoms with Gasteiger partial charge in [0.2, 0.25) is 0 Å². The van der Waals surface area contributed by atoms with Crippen LogP contribution in [0.3, 0.4) is 0 Å². The summed E-state index contributed by atoms with van der Waals surface area (Å²) in [6.45, 7) is 10.8. The summed E-state index contributed by atoms with van der Waals surface area (Å²) in [6.07, 6.45) is 20.0. The molecule has 0 bridgehead atoms. The average Bonchev–Trinajstić information content (AvgIpc) is 2.74. The van der Waals surface area contributed by atoms with Crippen molar-refractivity contribution in [2.45, 2.75) is 143 Å². The van der Waals surface area contributed by atoms with Crippen LogP contribution in [0.15, 0.2) is 11.9 Å². The minimum atomic E-state index is -3.29. The first kappa shape index (κ1) is 32.8. The Balaban J connectivity index is 3.77. The van der Waals surface area contributed by atoms with E-state index in [0.717, 1.165) is 13.0 Å². The topological polar surface area (TPSA) is 54.0 Å². The lowest BCUT2D eigenvalue weighted by Gasteiger charge is -2.20. The van der Waals surface area contributed by atoms with Crippen molar-refractivity contribution in [3.63, 3.8) is 0 Å². The van der Waals surface area contributed by atoms with Crippen molar-refractivity contribution in [1.29, 1.82) is 0 Å². The molecule has 0 rings (SSSR count). The molecule has 0 heterocycles. The van der Waals surface area contributed by atoms with Crippen molar-refractivity contribution in [2.24, 2.45) is 0 Å². The standard InChI is InChI=1S/C27H55O5P/c1-7-8-9-10-11-12-13-14-15-16-17-18-19-20-22-30-24-27(29-6)21-23-33(28,31-25(2)3)32-26(4)5/h21,23,25-27H,7-20,22,24H2,1-6H3/t27-/m0/s1. The summed E-state index contributed by atoms with van der Waals surface area (Å²) in [7, 11) is -1.66. The molecule has 0 spiro atoms. The lowest BCUT2D eigenvalue weighted by Crippen LogP contribution is -2.16. The summed E-state index contributed by atoms with van der Waals surface area (Å²) in [4.78, 5) is 0. The highest BCUT2D eigenvalue weighted by atomic mass is 31.2. The van der Waals surface area contributed by atoms with Crippen molar-refractivity contribution in [2.75, 3.05) is 20.3 Å². The summed E-state index contributed by atoms with van der Waals surface area (Å²) < 4.78 is 35.1. The Labute approximate surface area is 205 Å². The molecule has 0 aromatic carbocycles. The van der Waals surface area contributed by atoms with Gasteiger partial charge >= 0.3 is 7.60 Å². The van der Waals surface area contributed by atoms with Crippen molar-refractivity contribution >= 4 is 7.60 Å². The first-order valence-corrected chi connectivity index (χ1v) is 15.2. The maximum Gasteiger partial charge on any atom is 0.354 e. The highest BCUT2D eigenvalue weighted by Gasteiger charge is 2.24. The molecule has 33 heavy (non-hydrogen) atoms. The Hall–Kier alpha value is -0.190. The third kappa shape index (κ3) is 22.0. The largest absolute Gasteiger partial charge is 0.378 e. The van der Waals surface area contributed by atoms with Gasteiger partial charge in [0.05, 0.1) is 24.9 Å². The molecule has 0 aliphatic carbocycles. The Morgan fingerprint density at radius 3 is 1.52 bits per heavy atom. The predicted octanol–water partition coefficient (Wildman–Crippen LogP) is 9.06. The van der Waals surface area contributed by atoms with Crippen LogP contribution in [0.2, 0.25) is 0 Å². The normalized spacial score (nSPS) is 13.6. The van der Waals surface area contributed by atoms with E-state index < -0.39 is 7.60 Å². The molecule has 6 heteroatoms. The quantitative estimate of drug-likeness (QED) is 0.0997. The minimum Gasteiger partial charge on any atom is -0.378 e. The Kier molecular flexibility index (Phi) is 22.2. The molecule has 0 aliphatic heterocycles. The van der Waals surface area contributed by atoms with Gasteiger partial charge in [0.25, 0.3) is 0 Å². The maximum absolute atomic E-state index is 12.9. The average molecular weight is 491 g/mol. The van der Waals surface area contributed by atoms with E-state index in [1.807, 2.05) is 27.7 Å². The number of hydrogen-bond donors (Lipinski definition) is 0. The number of methoxy groups -OCH3 is 1. The Bertz CT molecular complexity index is 479. The number of unbranched alkanes of at least 4 members (excludes halogenated alkanes) is 13. The Morgan fingerprint density at radius 2 is 1.12 bits per heavy atom. The Morgan fingerprint density at radius 1 is 0.697 bits per heavy atom. The van der Waals surface area contributed by atoms with Gasteiger partial charge in [-0.2, -0.15) is 0 Å². The zero-order chi connectivity index (χ0) is 24.8. The molecule has 0 aliphatic rings. The van der Waals surface area contributed by atoms with Gasteiger partial charge in [-0.3, -0.25) is 4.57 Å². The van der Waals surface area contributed by atoms with Crippen LogP contribution in [0.5, 0.6) is 0 Å². The van der Waals surface area contributed by atoms with Crippen molar-refractivity contribution in [3.8, 4) is 0 Å². The molecule has 0 unspecified atom stereocenters. The third-order valence-electron chi connectivity index (χ3n) is 5.43. The van der Waals surface area contributed by atoms with Gasteiger partial charge in [0.15, 0.2) is 0 Å². The highest BCUT2D eigenvalue weighted by molar-refractivity contribution is 7.57. The molecule has 0 aromatic rings. The van der Waals surface area contributed by atoms with Gasteiger partial charge in [-0.05, 0) is 40.2 Å². The number of rotatable bonds is 24. The van der Waals surface area contributed by atoms with Crippen LogP contribution >= 0.6 is 7.60 Å². The second-order valence-electron chi connectivity index (χ2n) is 9.63. The van der Waals surface area contributed by atoms with Crippen LogP contribution in [-0.4, -0.2) is 38.6 Å². The van der Waals surface area contributed by atoms with Crippen LogP contribution in [0.4, 0.5) is 0 Å². The van der Waals surface area contributed by atoms with Gasteiger partial charge in [-0.15, -0.1) is 0 Å². The van der Waals surface area contributed by atoms with Crippen LogP contribution < -0.4 is 0 Å². The summed E-state index contributed by atoms with van der Waals surface area (Å²) >= 11 is 0. The smallest absolute Gasteiger partial charge is 0.354 e. The molecule has 0 fully saturated rings. The van der Waals surface area contributed by atoms with E-state index in [2.05, 4.69) is 6.92 Å². The summed E-state index contributed by atoms with van der Waals surface area (Å²) in [5.74, 6) is 1.51. The molecule has 198 valence electrons. The van der Waals surface area contributed by atoms with Gasteiger partial charge in [-0.1, -0.05) is 90.4 Å². The molecular formula is C27H55O5P. The molecule has 1 atom stereocenters. The lowest BCUT2D eigenvalue weighted by molar-refractivity contribution is 0.0317. The first-order chi connectivity index (χ1) is 15.8. The van der Waals surface area contributed by atoms with Crippen LogP contribution in [0.1, 0.15) is 125 Å². The highest BCUT2D eigenvalue weighted by Crippen LogP contribution is 2.52. The van der Waals surface area contributed by atoms with E-state index >= 15 is 0 Å². The molecule has 0 radical (unpaired) electrons. The first-order valence-electron chi connectivity index (χ1n) is 13.6. The fraction of sp³-hybridized carbons (Fsp3) is 0.926. The molecule has 0 saturated carbocycles. The van der Waals surface area contributed by atoms with Crippen LogP contribution in [-0.2, 0) is 23.1 Å². The van der Waals surface area contributed by atoms with Gasteiger partial charge in [0, 0.05) is 19.5 Å². The molecular weight excluding hydrogens is 435 g/mol. The third-order valence-corrected chi connectivity index (χ3v) is 7.39. The molecule has 0 amide bonds. The second-order valence-corrected chi connectivity index (χ2v) is 11.4. The van der Waals surface area contributed by atoms with Gasteiger partial charge in [0.1, 0.15) is 0 Å². The zero-order valence-electron chi connectivity index (χ0n) is 22.7. The van der Waals surface area contributed by atoms with E-state index in [1.54, 1.807) is 13.2 Å². The van der Waals surface area contributed by atoms with Gasteiger partial charge < -0.3 is 18.5 Å². The SMILES string of the molecule is CCCCCCCCCCCCCCCCOC[C@H](C=CP(=O)(OC(C)C)OC(C)C)OC. The minimum absolute atomic E-state index is 0.184. The fourth-order valence-electron chi connectivity index (χ4n) is 3.68. The van der Waals surface area contributed by atoms with E-state index in [-0.39, 0.29) is 18.3 Å². The zero-order valence-corrected chi connectivity index (χ0v) is 23.6. The lowest BCUT2D eigenvalue weighted by atomic mass is 10.0. The molecule has 0 saturated heterocycles. The number of hydrogen-bond acceptors (Lipinski definition) is 5. The molecule has 0 N–H and O–H groups in total. The van der Waals surface area contributed by atoms with E-state index in [0.29, 0.717) is 6.61 Å². The molecule has 5 nitrogen and oxygen atoms in total. The van der Waals surface area contributed by atoms with E-state index in [1.165, 1.54) is 89.3 Å². The summed E-state index contributed by atoms with van der Waals surface area (Å²) in [6, 6.07) is 0. The fourth-order valence-corrected chi connectivity index (χ4v) is 5.45. The second kappa shape index (κ2) is 22.3. The van der Waals surface area contributed by atoms with Crippen molar-refractivity contribution in [1.82, 2.24) is 0 Å². The van der Waals surface area contributed by atoms with Crippen LogP contribution in [0, 0.1) is 0 Å². The maximum atomic E-state index is 12.9. The van der Waals surface area contributed by atoms with Crippen molar-refractivity contribution in [3.05, 3.63) is 11.9 Å². The van der Waals surface area contributed by atoms with Gasteiger partial charge in [-0.25, -0.2) is 0 Å². The monoisotopic (exact) mass is 490 g/mol. The van der Waals surface area contributed by atoms with E-state index in [4.69, 9.17) is 18.5 Å². The van der Waals surface area contributed by atoms with Crippen LogP contribution in [0.25, 0.3) is 0 Å². The number of ether oxygens (including phenoxy) is 2.